The number of rotatable bonds is 10. The summed E-state index contributed by atoms with van der Waals surface area (Å²) in [6.45, 7) is 8.55. The van der Waals surface area contributed by atoms with Crippen molar-refractivity contribution in [2.45, 2.75) is 52.5 Å². The number of methoxy groups -OCH3 is 1. The van der Waals surface area contributed by atoms with Crippen molar-refractivity contribution in [2.75, 3.05) is 20.2 Å². The molecule has 216 valence electrons. The molecule has 0 amide bonds. The Labute approximate surface area is 240 Å². The summed E-state index contributed by atoms with van der Waals surface area (Å²) >= 11 is 0. The van der Waals surface area contributed by atoms with Gasteiger partial charge in [0.15, 0.2) is 0 Å². The number of carboxylic acids is 1. The standard InChI is InChI=1S/C33H37FN2O5/c1-20(31(37)38)30(21-8-9-21)22-6-5-7-25(15-22)41-32(39)23-10-11-26(27-16-29(40-4)35-17-28(27)34)24(14-23)18-36-13-12-33(2,3)19-36/h5-7,10-11,14-17,20-21,30H,8-9,12-13,18-19H2,1-4H3,(H,37,38)/t20-,30-/m0/s1. The molecule has 1 saturated heterocycles. The quantitative estimate of drug-likeness (QED) is 0.222. The normalized spacial score (nSPS) is 18.1. The summed E-state index contributed by atoms with van der Waals surface area (Å²) in [7, 11) is 1.49. The maximum Gasteiger partial charge on any atom is 0.343 e. The number of carbonyl (C=O) groups excluding carboxylic acids is 1. The zero-order chi connectivity index (χ0) is 29.3. The highest BCUT2D eigenvalue weighted by Gasteiger charge is 2.38. The Hall–Kier alpha value is -3.78. The molecule has 2 atom stereocenters. The van der Waals surface area contributed by atoms with Crippen molar-refractivity contribution < 1.29 is 28.6 Å². The predicted molar refractivity (Wildman–Crippen MR) is 154 cm³/mol. The van der Waals surface area contributed by atoms with Crippen LogP contribution in [0.3, 0.4) is 0 Å². The van der Waals surface area contributed by atoms with Gasteiger partial charge in [0, 0.05) is 24.7 Å². The van der Waals surface area contributed by atoms with Gasteiger partial charge < -0.3 is 14.6 Å². The molecule has 3 aromatic rings. The molecule has 41 heavy (non-hydrogen) atoms. The number of aliphatic carboxylic acids is 1. The van der Waals surface area contributed by atoms with Crippen LogP contribution < -0.4 is 9.47 Å². The number of nitrogens with zero attached hydrogens (tertiary/aromatic N) is 2. The van der Waals surface area contributed by atoms with Crippen LogP contribution >= 0.6 is 0 Å². The minimum absolute atomic E-state index is 0.131. The van der Waals surface area contributed by atoms with Crippen LogP contribution in [-0.4, -0.2) is 47.1 Å². The van der Waals surface area contributed by atoms with Crippen LogP contribution in [0.25, 0.3) is 11.1 Å². The molecule has 1 aromatic heterocycles. The van der Waals surface area contributed by atoms with Gasteiger partial charge in [0.05, 0.1) is 24.8 Å². The van der Waals surface area contributed by atoms with Crippen LogP contribution in [-0.2, 0) is 11.3 Å². The number of aromatic nitrogens is 1. The van der Waals surface area contributed by atoms with Crippen LogP contribution in [0.4, 0.5) is 4.39 Å². The number of pyridine rings is 1. The average molecular weight is 561 g/mol. The minimum Gasteiger partial charge on any atom is -0.481 e. The number of esters is 1. The van der Waals surface area contributed by atoms with Crippen LogP contribution in [0, 0.1) is 23.1 Å². The fraction of sp³-hybridized carbons (Fsp3) is 0.424. The van der Waals surface area contributed by atoms with Gasteiger partial charge in [0.25, 0.3) is 0 Å². The van der Waals surface area contributed by atoms with E-state index < -0.39 is 23.7 Å². The lowest BCUT2D eigenvalue weighted by Crippen LogP contribution is -2.23. The lowest BCUT2D eigenvalue weighted by Gasteiger charge is -2.22. The summed E-state index contributed by atoms with van der Waals surface area (Å²) in [6.07, 6.45) is 4.20. The van der Waals surface area contributed by atoms with Gasteiger partial charge in [-0.1, -0.05) is 39.0 Å². The second-order valence-electron chi connectivity index (χ2n) is 12.2. The Morgan fingerprint density at radius 2 is 1.93 bits per heavy atom. The monoisotopic (exact) mass is 560 g/mol. The van der Waals surface area contributed by atoms with Crippen molar-refractivity contribution in [3.8, 4) is 22.8 Å². The van der Waals surface area contributed by atoms with Gasteiger partial charge in [-0.25, -0.2) is 14.2 Å². The number of halogens is 1. The van der Waals surface area contributed by atoms with Gasteiger partial charge in [-0.05, 0) is 84.0 Å². The summed E-state index contributed by atoms with van der Waals surface area (Å²) in [5, 5.41) is 9.64. The first kappa shape index (κ1) is 28.7. The Bertz CT molecular complexity index is 1450. The van der Waals surface area contributed by atoms with E-state index in [1.807, 2.05) is 6.07 Å². The zero-order valence-electron chi connectivity index (χ0n) is 24.0. The van der Waals surface area contributed by atoms with E-state index in [4.69, 9.17) is 9.47 Å². The number of benzene rings is 2. The average Bonchev–Trinajstić information content (AvgIpc) is 3.71. The molecule has 2 heterocycles. The molecule has 7 nitrogen and oxygen atoms in total. The van der Waals surface area contributed by atoms with Gasteiger partial charge in [-0.3, -0.25) is 9.69 Å². The van der Waals surface area contributed by atoms with Gasteiger partial charge >= 0.3 is 11.9 Å². The minimum atomic E-state index is -0.832. The van der Waals surface area contributed by atoms with E-state index in [0.29, 0.717) is 40.8 Å². The smallest absolute Gasteiger partial charge is 0.343 e. The van der Waals surface area contributed by atoms with Crippen LogP contribution in [0.2, 0.25) is 0 Å². The number of hydrogen-bond acceptors (Lipinski definition) is 6. The molecule has 1 N–H and O–H groups in total. The molecule has 5 rings (SSSR count). The molecule has 2 aromatic carbocycles. The third-order valence-corrected chi connectivity index (χ3v) is 8.33. The summed E-state index contributed by atoms with van der Waals surface area (Å²) < 4.78 is 26.0. The molecule has 2 aliphatic rings. The van der Waals surface area contributed by atoms with Crippen LogP contribution in [0.15, 0.2) is 54.7 Å². The number of hydrogen-bond donors (Lipinski definition) is 1. The van der Waals surface area contributed by atoms with E-state index in [9.17, 15) is 19.1 Å². The van der Waals surface area contributed by atoms with Gasteiger partial charge in [-0.15, -0.1) is 0 Å². The van der Waals surface area contributed by atoms with Crippen LogP contribution in [0.5, 0.6) is 11.6 Å². The second-order valence-corrected chi connectivity index (χ2v) is 12.2. The number of carbonyl (C=O) groups is 2. The highest BCUT2D eigenvalue weighted by atomic mass is 19.1. The molecular weight excluding hydrogens is 523 g/mol. The lowest BCUT2D eigenvalue weighted by molar-refractivity contribution is -0.142. The van der Waals surface area contributed by atoms with Crippen molar-refractivity contribution in [1.82, 2.24) is 9.88 Å². The van der Waals surface area contributed by atoms with Gasteiger partial charge in [0.2, 0.25) is 5.88 Å². The fourth-order valence-electron chi connectivity index (χ4n) is 5.98. The lowest BCUT2D eigenvalue weighted by atomic mass is 9.83. The summed E-state index contributed by atoms with van der Waals surface area (Å²) in [5.41, 5.74) is 3.23. The molecule has 0 bridgehead atoms. The van der Waals surface area contributed by atoms with E-state index in [1.165, 1.54) is 7.11 Å². The Morgan fingerprint density at radius 1 is 1.15 bits per heavy atom. The van der Waals surface area contributed by atoms with E-state index >= 15 is 0 Å². The maximum absolute atomic E-state index is 15.0. The Balaban J connectivity index is 1.44. The molecule has 0 spiro atoms. The van der Waals surface area contributed by atoms with Gasteiger partial charge in [0.1, 0.15) is 11.6 Å². The number of carboxylic acid groups (broad SMARTS) is 1. The third-order valence-electron chi connectivity index (χ3n) is 8.33. The first-order valence-corrected chi connectivity index (χ1v) is 14.1. The third kappa shape index (κ3) is 6.59. The van der Waals surface area contributed by atoms with Crippen molar-refractivity contribution in [2.24, 2.45) is 17.3 Å². The molecule has 0 unspecified atom stereocenters. The van der Waals surface area contributed by atoms with E-state index in [0.717, 1.165) is 49.7 Å². The van der Waals surface area contributed by atoms with Crippen molar-refractivity contribution in [1.29, 1.82) is 0 Å². The Kier molecular flexibility index (Phi) is 8.13. The number of likely N-dealkylation sites (tertiary alicyclic amines) is 1. The molecular formula is C33H37FN2O5. The van der Waals surface area contributed by atoms with Crippen molar-refractivity contribution >= 4 is 11.9 Å². The summed E-state index contributed by atoms with van der Waals surface area (Å²) in [6, 6.07) is 13.9. The molecule has 0 radical (unpaired) electrons. The fourth-order valence-corrected chi connectivity index (χ4v) is 5.98. The van der Waals surface area contributed by atoms with Crippen molar-refractivity contribution in [3.63, 3.8) is 0 Å². The first-order chi connectivity index (χ1) is 19.5. The second kappa shape index (κ2) is 11.6. The first-order valence-electron chi connectivity index (χ1n) is 14.1. The van der Waals surface area contributed by atoms with E-state index in [-0.39, 0.29) is 11.3 Å². The highest BCUT2D eigenvalue weighted by molar-refractivity contribution is 5.92. The zero-order valence-corrected chi connectivity index (χ0v) is 24.0. The summed E-state index contributed by atoms with van der Waals surface area (Å²) in [5.74, 6) is -1.50. The molecule has 1 aliphatic carbocycles. The SMILES string of the molecule is COc1cc(-c2ccc(C(=O)Oc3cccc([C@H](C4CC4)[C@H](C)C(=O)O)c3)cc2CN2CCC(C)(C)C2)c(F)cn1. The molecule has 8 heteroatoms. The summed E-state index contributed by atoms with van der Waals surface area (Å²) in [4.78, 5) is 31.4. The Morgan fingerprint density at radius 3 is 2.59 bits per heavy atom. The predicted octanol–water partition coefficient (Wildman–Crippen LogP) is 6.56. The van der Waals surface area contributed by atoms with E-state index in [1.54, 1.807) is 49.4 Å². The number of ether oxygens (including phenoxy) is 2. The van der Waals surface area contributed by atoms with E-state index in [2.05, 4.69) is 23.7 Å². The van der Waals surface area contributed by atoms with Crippen molar-refractivity contribution in [3.05, 3.63) is 77.2 Å². The molecule has 1 saturated carbocycles. The molecule has 2 fully saturated rings. The topological polar surface area (TPSA) is 89.0 Å². The van der Waals surface area contributed by atoms with Crippen LogP contribution in [0.1, 0.15) is 67.4 Å². The largest absolute Gasteiger partial charge is 0.481 e. The van der Waals surface area contributed by atoms with Gasteiger partial charge in [-0.2, -0.15) is 0 Å². The maximum atomic E-state index is 15.0. The highest BCUT2D eigenvalue weighted by Crippen LogP contribution is 2.47. The molecule has 1 aliphatic heterocycles.